The average Bonchev–Trinajstić information content (AvgIpc) is 2.38. The topological polar surface area (TPSA) is 86.7 Å². The molecule has 2 N–H and O–H groups in total. The highest BCUT2D eigenvalue weighted by atomic mass is 32.2. The Labute approximate surface area is 120 Å². The van der Waals surface area contributed by atoms with Crippen LogP contribution in [0.3, 0.4) is 0 Å². The molecule has 3 atom stereocenters. The van der Waals surface area contributed by atoms with Gasteiger partial charge in [-0.2, -0.15) is 17.4 Å². The molecule has 0 aromatic heterocycles. The lowest BCUT2D eigenvalue weighted by Crippen LogP contribution is -2.51. The Morgan fingerprint density at radius 1 is 1.20 bits per heavy atom. The van der Waals surface area contributed by atoms with E-state index in [1.165, 1.54) is 4.31 Å². The maximum absolute atomic E-state index is 12.4. The van der Waals surface area contributed by atoms with Crippen LogP contribution in [0.15, 0.2) is 0 Å². The van der Waals surface area contributed by atoms with E-state index in [1.54, 1.807) is 0 Å². The second-order valence-corrected chi connectivity index (χ2v) is 7.63. The van der Waals surface area contributed by atoms with E-state index in [4.69, 9.17) is 5.11 Å². The summed E-state index contributed by atoms with van der Waals surface area (Å²) in [5, 5.41) is 9.06. The largest absolute Gasteiger partial charge is 0.481 e. The fourth-order valence-electron chi connectivity index (χ4n) is 3.23. The first kappa shape index (κ1) is 15.7. The van der Waals surface area contributed by atoms with Crippen LogP contribution in [-0.4, -0.2) is 42.4 Å². The molecule has 0 aromatic carbocycles. The molecule has 0 amide bonds. The van der Waals surface area contributed by atoms with Crippen LogP contribution < -0.4 is 4.72 Å². The number of nitrogens with one attached hydrogen (secondary N) is 1. The van der Waals surface area contributed by atoms with E-state index in [1.807, 2.05) is 6.92 Å². The zero-order valence-electron chi connectivity index (χ0n) is 11.9. The Kier molecular flexibility index (Phi) is 5.04. The summed E-state index contributed by atoms with van der Waals surface area (Å²) in [4.78, 5) is 11.0. The molecule has 0 bridgehead atoms. The molecular weight excluding hydrogens is 280 g/mol. The highest BCUT2D eigenvalue weighted by molar-refractivity contribution is 7.87. The van der Waals surface area contributed by atoms with Crippen LogP contribution in [0, 0.1) is 5.92 Å². The lowest BCUT2D eigenvalue weighted by Gasteiger charge is -2.35. The molecule has 1 aliphatic heterocycles. The first-order valence-electron chi connectivity index (χ1n) is 7.42. The molecule has 2 rings (SSSR count). The summed E-state index contributed by atoms with van der Waals surface area (Å²) in [7, 11) is -3.49. The van der Waals surface area contributed by atoms with Gasteiger partial charge in [0.1, 0.15) is 0 Å². The van der Waals surface area contributed by atoms with Gasteiger partial charge in [0, 0.05) is 18.6 Å². The predicted molar refractivity (Wildman–Crippen MR) is 75.5 cm³/mol. The summed E-state index contributed by atoms with van der Waals surface area (Å²) in [5.41, 5.74) is 0. The van der Waals surface area contributed by atoms with E-state index < -0.39 is 22.1 Å². The van der Waals surface area contributed by atoms with E-state index in [-0.39, 0.29) is 12.1 Å². The molecule has 1 heterocycles. The van der Waals surface area contributed by atoms with Gasteiger partial charge in [0.15, 0.2) is 0 Å². The molecule has 3 unspecified atom stereocenters. The number of carbonyl (C=O) groups is 1. The summed E-state index contributed by atoms with van der Waals surface area (Å²) < 4.78 is 29.1. The Morgan fingerprint density at radius 2 is 1.95 bits per heavy atom. The molecule has 0 radical (unpaired) electrons. The molecule has 116 valence electrons. The number of aliphatic carboxylic acids is 1. The van der Waals surface area contributed by atoms with Crippen molar-refractivity contribution in [2.75, 3.05) is 6.54 Å². The summed E-state index contributed by atoms with van der Waals surface area (Å²) in [6, 6.07) is -0.218. The fourth-order valence-corrected chi connectivity index (χ4v) is 4.95. The Hall–Kier alpha value is -0.660. The summed E-state index contributed by atoms with van der Waals surface area (Å²) in [6.07, 6.45) is 5.39. The Morgan fingerprint density at radius 3 is 2.60 bits per heavy atom. The van der Waals surface area contributed by atoms with Gasteiger partial charge < -0.3 is 5.11 Å². The number of piperidine rings is 1. The van der Waals surface area contributed by atoms with Crippen LogP contribution >= 0.6 is 0 Å². The van der Waals surface area contributed by atoms with Crippen molar-refractivity contribution in [3.05, 3.63) is 0 Å². The molecule has 1 saturated carbocycles. The van der Waals surface area contributed by atoms with Crippen LogP contribution in [0.5, 0.6) is 0 Å². The standard InChI is InChI=1S/C13H24N2O4S/c1-10-5-2-3-8-15(10)20(18,19)14-12-7-4-6-11(9-12)13(16)17/h10-12,14H,2-9H2,1H3,(H,16,17). The number of carboxylic acids is 1. The molecule has 2 aliphatic rings. The molecule has 2 fully saturated rings. The van der Waals surface area contributed by atoms with Gasteiger partial charge in [0.2, 0.25) is 0 Å². The predicted octanol–water partition coefficient (Wildman–Crippen LogP) is 1.34. The third-order valence-electron chi connectivity index (χ3n) is 4.39. The lowest BCUT2D eigenvalue weighted by molar-refractivity contribution is -0.143. The zero-order chi connectivity index (χ0) is 14.8. The lowest BCUT2D eigenvalue weighted by atomic mass is 9.86. The molecule has 7 heteroatoms. The zero-order valence-corrected chi connectivity index (χ0v) is 12.7. The first-order valence-corrected chi connectivity index (χ1v) is 8.86. The summed E-state index contributed by atoms with van der Waals surface area (Å²) >= 11 is 0. The van der Waals surface area contributed by atoms with Gasteiger partial charge in [0.25, 0.3) is 10.2 Å². The molecule has 6 nitrogen and oxygen atoms in total. The van der Waals surface area contributed by atoms with Crippen LogP contribution in [0.2, 0.25) is 0 Å². The second-order valence-electron chi connectivity index (χ2n) is 5.98. The van der Waals surface area contributed by atoms with Crippen molar-refractivity contribution >= 4 is 16.2 Å². The first-order chi connectivity index (χ1) is 9.40. The third-order valence-corrected chi connectivity index (χ3v) is 6.18. The minimum Gasteiger partial charge on any atom is -0.481 e. The second kappa shape index (κ2) is 6.41. The van der Waals surface area contributed by atoms with Gasteiger partial charge >= 0.3 is 5.97 Å². The smallest absolute Gasteiger partial charge is 0.306 e. The van der Waals surface area contributed by atoms with Crippen LogP contribution in [0.25, 0.3) is 0 Å². The molecule has 0 spiro atoms. The van der Waals surface area contributed by atoms with E-state index in [9.17, 15) is 13.2 Å². The van der Waals surface area contributed by atoms with Gasteiger partial charge in [-0.05, 0) is 39.0 Å². The summed E-state index contributed by atoms with van der Waals surface area (Å²) in [6.45, 7) is 2.49. The normalized spacial score (nSPS) is 33.0. The van der Waals surface area contributed by atoms with Crippen molar-refractivity contribution in [2.45, 2.75) is 64.0 Å². The van der Waals surface area contributed by atoms with Crippen LogP contribution in [0.1, 0.15) is 51.9 Å². The van der Waals surface area contributed by atoms with Crippen molar-refractivity contribution in [3.8, 4) is 0 Å². The van der Waals surface area contributed by atoms with Crippen molar-refractivity contribution in [1.29, 1.82) is 0 Å². The number of rotatable bonds is 4. The highest BCUT2D eigenvalue weighted by Gasteiger charge is 2.34. The fraction of sp³-hybridized carbons (Fsp3) is 0.923. The van der Waals surface area contributed by atoms with E-state index in [0.717, 1.165) is 32.1 Å². The average molecular weight is 304 g/mol. The Balaban J connectivity index is 1.98. The molecule has 1 saturated heterocycles. The number of hydrogen-bond acceptors (Lipinski definition) is 3. The maximum atomic E-state index is 12.4. The SMILES string of the molecule is CC1CCCCN1S(=O)(=O)NC1CCCC(C(=O)O)C1. The van der Waals surface area contributed by atoms with Crippen molar-refractivity contribution in [1.82, 2.24) is 9.03 Å². The minimum atomic E-state index is -3.49. The highest BCUT2D eigenvalue weighted by Crippen LogP contribution is 2.26. The van der Waals surface area contributed by atoms with E-state index in [0.29, 0.717) is 19.4 Å². The molecule has 20 heavy (non-hydrogen) atoms. The molecular formula is C13H24N2O4S. The van der Waals surface area contributed by atoms with Crippen molar-refractivity contribution in [2.24, 2.45) is 5.92 Å². The van der Waals surface area contributed by atoms with Crippen molar-refractivity contribution < 1.29 is 18.3 Å². The number of hydrogen-bond donors (Lipinski definition) is 2. The number of carboxylic acid groups (broad SMARTS) is 1. The summed E-state index contributed by atoms with van der Waals surface area (Å²) in [5.74, 6) is -1.24. The van der Waals surface area contributed by atoms with E-state index >= 15 is 0 Å². The van der Waals surface area contributed by atoms with Gasteiger partial charge in [-0.1, -0.05) is 12.8 Å². The van der Waals surface area contributed by atoms with Crippen molar-refractivity contribution in [3.63, 3.8) is 0 Å². The monoisotopic (exact) mass is 304 g/mol. The van der Waals surface area contributed by atoms with Gasteiger partial charge in [-0.25, -0.2) is 0 Å². The number of nitrogens with zero attached hydrogens (tertiary/aromatic N) is 1. The Bertz CT molecular complexity index is 451. The quantitative estimate of drug-likeness (QED) is 0.820. The molecule has 1 aliphatic carbocycles. The minimum absolute atomic E-state index is 0.0279. The van der Waals surface area contributed by atoms with Crippen LogP contribution in [-0.2, 0) is 15.0 Å². The van der Waals surface area contributed by atoms with Gasteiger partial charge in [0.05, 0.1) is 5.92 Å². The third kappa shape index (κ3) is 3.71. The van der Waals surface area contributed by atoms with Gasteiger partial charge in [-0.15, -0.1) is 0 Å². The van der Waals surface area contributed by atoms with Crippen LogP contribution in [0.4, 0.5) is 0 Å². The maximum Gasteiger partial charge on any atom is 0.306 e. The molecule has 0 aromatic rings. The van der Waals surface area contributed by atoms with Gasteiger partial charge in [-0.3, -0.25) is 4.79 Å². The van der Waals surface area contributed by atoms with E-state index in [2.05, 4.69) is 4.72 Å².